The Morgan fingerprint density at radius 1 is 1.29 bits per heavy atom. The average Bonchev–Trinajstić information content (AvgIpc) is 3.12. The van der Waals surface area contributed by atoms with Crippen molar-refractivity contribution in [3.63, 3.8) is 0 Å². The fourth-order valence-electron chi connectivity index (χ4n) is 2.85. The molecule has 6 heteroatoms. The van der Waals surface area contributed by atoms with E-state index < -0.39 is 0 Å². The van der Waals surface area contributed by atoms with E-state index in [-0.39, 0.29) is 12.1 Å². The highest BCUT2D eigenvalue weighted by molar-refractivity contribution is 7.14. The van der Waals surface area contributed by atoms with Crippen LogP contribution in [0.1, 0.15) is 19.3 Å². The Kier molecular flexibility index (Phi) is 4.49. The topological polar surface area (TPSA) is 54.5 Å². The van der Waals surface area contributed by atoms with Crippen molar-refractivity contribution in [1.82, 2.24) is 9.88 Å². The number of hydrogen-bond donors (Lipinski definition) is 1. The maximum Gasteiger partial charge on any atom is 0.323 e. The predicted octanol–water partition coefficient (Wildman–Crippen LogP) is 3.84. The molecular weight excluding hydrogens is 322 g/mol. The van der Waals surface area contributed by atoms with Crippen molar-refractivity contribution in [2.75, 3.05) is 25.0 Å². The molecule has 2 aliphatic rings. The number of likely N-dealkylation sites (tertiary alicyclic amines) is 1. The highest BCUT2D eigenvalue weighted by Gasteiger charge is 2.29. The molecule has 2 amide bonds. The van der Waals surface area contributed by atoms with E-state index >= 15 is 0 Å². The number of carbonyl (C=O) groups is 1. The van der Waals surface area contributed by atoms with Crippen LogP contribution in [0.5, 0.6) is 0 Å². The van der Waals surface area contributed by atoms with Crippen LogP contribution in [-0.2, 0) is 4.74 Å². The quantitative estimate of drug-likeness (QED) is 0.897. The average molecular weight is 343 g/mol. The lowest BCUT2D eigenvalue weighted by Crippen LogP contribution is -2.34. The van der Waals surface area contributed by atoms with Crippen LogP contribution >= 0.6 is 11.3 Å². The lowest BCUT2D eigenvalue weighted by molar-refractivity contribution is 0.0543. The molecule has 1 N–H and O–H groups in total. The minimum Gasteiger partial charge on any atom is -0.376 e. The van der Waals surface area contributed by atoms with E-state index in [0.29, 0.717) is 11.7 Å². The van der Waals surface area contributed by atoms with E-state index in [1.54, 1.807) is 0 Å². The molecule has 1 saturated carbocycles. The summed E-state index contributed by atoms with van der Waals surface area (Å²) in [5.41, 5.74) is 1.95. The number of thiazole rings is 1. The largest absolute Gasteiger partial charge is 0.376 e. The maximum atomic E-state index is 12.4. The van der Waals surface area contributed by atoms with E-state index in [9.17, 15) is 4.79 Å². The summed E-state index contributed by atoms with van der Waals surface area (Å²) in [6.45, 7) is 2.28. The van der Waals surface area contributed by atoms with E-state index in [1.807, 2.05) is 40.6 Å². The minimum atomic E-state index is -0.0820. The summed E-state index contributed by atoms with van der Waals surface area (Å²) in [4.78, 5) is 18.7. The monoisotopic (exact) mass is 343 g/mol. The molecule has 1 aliphatic carbocycles. The zero-order valence-corrected chi connectivity index (χ0v) is 14.3. The third-order valence-corrected chi connectivity index (χ3v) is 5.24. The minimum absolute atomic E-state index is 0.0820. The van der Waals surface area contributed by atoms with Crippen molar-refractivity contribution in [1.29, 1.82) is 0 Å². The highest BCUT2D eigenvalue weighted by Crippen LogP contribution is 2.30. The number of nitrogens with one attached hydrogen (secondary N) is 1. The molecule has 0 spiro atoms. The molecule has 4 rings (SSSR count). The molecule has 126 valence electrons. The van der Waals surface area contributed by atoms with Gasteiger partial charge in [-0.2, -0.15) is 0 Å². The van der Waals surface area contributed by atoms with Crippen LogP contribution in [0.25, 0.3) is 11.3 Å². The van der Waals surface area contributed by atoms with Crippen LogP contribution in [0.2, 0.25) is 0 Å². The lowest BCUT2D eigenvalue weighted by Gasteiger charge is -2.16. The van der Waals surface area contributed by atoms with Crippen molar-refractivity contribution < 1.29 is 9.53 Å². The summed E-state index contributed by atoms with van der Waals surface area (Å²) in [5, 5.41) is 5.52. The molecule has 1 atom stereocenters. The van der Waals surface area contributed by atoms with Gasteiger partial charge in [-0.25, -0.2) is 9.78 Å². The van der Waals surface area contributed by atoms with Crippen LogP contribution < -0.4 is 5.32 Å². The second kappa shape index (κ2) is 6.91. The zero-order valence-electron chi connectivity index (χ0n) is 13.5. The van der Waals surface area contributed by atoms with Gasteiger partial charge in [0.15, 0.2) is 5.13 Å². The molecule has 2 heterocycles. The van der Waals surface area contributed by atoms with Crippen molar-refractivity contribution in [3.05, 3.63) is 35.7 Å². The Labute approximate surface area is 145 Å². The van der Waals surface area contributed by atoms with Crippen molar-refractivity contribution in [2.24, 2.45) is 5.92 Å². The molecule has 1 saturated heterocycles. The number of benzene rings is 1. The fourth-order valence-corrected chi connectivity index (χ4v) is 3.56. The lowest BCUT2D eigenvalue weighted by atomic mass is 10.2. The number of rotatable bonds is 5. The van der Waals surface area contributed by atoms with Gasteiger partial charge in [-0.1, -0.05) is 30.3 Å². The summed E-state index contributed by atoms with van der Waals surface area (Å²) in [7, 11) is 0. The molecule has 0 bridgehead atoms. The number of ether oxygens (including phenoxy) is 1. The first-order valence-corrected chi connectivity index (χ1v) is 9.34. The van der Waals surface area contributed by atoms with Gasteiger partial charge < -0.3 is 9.64 Å². The third-order valence-electron chi connectivity index (χ3n) is 4.48. The second-order valence-electron chi connectivity index (χ2n) is 6.47. The third kappa shape index (κ3) is 3.76. The molecule has 24 heavy (non-hydrogen) atoms. The van der Waals surface area contributed by atoms with Gasteiger partial charge in [0.05, 0.1) is 11.8 Å². The van der Waals surface area contributed by atoms with Crippen molar-refractivity contribution in [3.8, 4) is 11.3 Å². The fraction of sp³-hybridized carbons (Fsp3) is 0.444. The van der Waals surface area contributed by atoms with Gasteiger partial charge in [0.2, 0.25) is 0 Å². The Hall–Kier alpha value is -1.92. The van der Waals surface area contributed by atoms with Gasteiger partial charge in [-0.15, -0.1) is 11.3 Å². The molecule has 2 aromatic rings. The van der Waals surface area contributed by atoms with E-state index in [2.05, 4.69) is 10.3 Å². The van der Waals surface area contributed by atoms with Crippen LogP contribution in [-0.4, -0.2) is 41.7 Å². The number of urea groups is 1. The first-order valence-electron chi connectivity index (χ1n) is 8.46. The Balaban J connectivity index is 1.30. The van der Waals surface area contributed by atoms with Gasteiger partial charge in [0.25, 0.3) is 0 Å². The van der Waals surface area contributed by atoms with Crippen LogP contribution in [0, 0.1) is 5.92 Å². The zero-order chi connectivity index (χ0) is 16.4. The summed E-state index contributed by atoms with van der Waals surface area (Å²) >= 11 is 1.45. The molecule has 1 aromatic heterocycles. The first kappa shape index (κ1) is 15.6. The second-order valence-corrected chi connectivity index (χ2v) is 7.33. The number of nitrogens with zero attached hydrogens (tertiary/aromatic N) is 2. The normalized spacial score (nSPS) is 20.3. The molecule has 1 unspecified atom stereocenters. The van der Waals surface area contributed by atoms with E-state index in [4.69, 9.17) is 4.74 Å². The summed E-state index contributed by atoms with van der Waals surface area (Å²) < 4.78 is 5.88. The predicted molar refractivity (Wildman–Crippen MR) is 95.2 cm³/mol. The van der Waals surface area contributed by atoms with Gasteiger partial charge in [0, 0.05) is 30.6 Å². The maximum absolute atomic E-state index is 12.4. The molecule has 2 fully saturated rings. The molecule has 1 aromatic carbocycles. The standard InChI is InChI=1S/C18H21N3O2S/c22-18(21-9-8-15(10-21)23-11-13-6-7-13)20-17-19-16(12-24-17)14-4-2-1-3-5-14/h1-5,12-13,15H,6-11H2,(H,19,20,22). The summed E-state index contributed by atoms with van der Waals surface area (Å²) in [6, 6.07) is 9.90. The van der Waals surface area contributed by atoms with Gasteiger partial charge >= 0.3 is 6.03 Å². The number of hydrogen-bond acceptors (Lipinski definition) is 4. The Bertz CT molecular complexity index is 699. The van der Waals surface area contributed by atoms with Crippen molar-refractivity contribution >= 4 is 22.5 Å². The van der Waals surface area contributed by atoms with E-state index in [1.165, 1.54) is 24.2 Å². The summed E-state index contributed by atoms with van der Waals surface area (Å²) in [5.74, 6) is 0.764. The molecule has 1 aliphatic heterocycles. The number of amides is 2. The highest BCUT2D eigenvalue weighted by atomic mass is 32.1. The molecule has 5 nitrogen and oxygen atoms in total. The SMILES string of the molecule is O=C(Nc1nc(-c2ccccc2)cs1)N1CCC(OCC2CC2)C1. The van der Waals surface area contributed by atoms with Gasteiger partial charge in [-0.05, 0) is 25.2 Å². The smallest absolute Gasteiger partial charge is 0.323 e. The molecule has 0 radical (unpaired) electrons. The van der Waals surface area contributed by atoms with Crippen LogP contribution in [0.3, 0.4) is 0 Å². The van der Waals surface area contributed by atoms with Crippen LogP contribution in [0.15, 0.2) is 35.7 Å². The molecular formula is C18H21N3O2S. The number of anilines is 1. The Morgan fingerprint density at radius 3 is 2.92 bits per heavy atom. The number of carbonyl (C=O) groups excluding carboxylic acids is 1. The van der Waals surface area contributed by atoms with Crippen LogP contribution in [0.4, 0.5) is 9.93 Å². The van der Waals surface area contributed by atoms with Gasteiger partial charge in [-0.3, -0.25) is 5.32 Å². The Morgan fingerprint density at radius 2 is 2.12 bits per heavy atom. The van der Waals surface area contributed by atoms with E-state index in [0.717, 1.165) is 36.7 Å². The van der Waals surface area contributed by atoms with Gasteiger partial charge in [0.1, 0.15) is 0 Å². The van der Waals surface area contributed by atoms with Crippen molar-refractivity contribution in [2.45, 2.75) is 25.4 Å². The number of aromatic nitrogens is 1. The summed E-state index contributed by atoms with van der Waals surface area (Å²) in [6.07, 6.45) is 3.70. The first-order chi connectivity index (χ1) is 11.8.